The van der Waals surface area contributed by atoms with Crippen LogP contribution in [0, 0.1) is 0 Å². The number of amides is 3. The molecule has 1 rings (SSSR count). The summed E-state index contributed by atoms with van der Waals surface area (Å²) < 4.78 is 4.87. The first-order chi connectivity index (χ1) is 9.56. The number of nitrogens with zero attached hydrogens (tertiary/aromatic N) is 1. The predicted octanol–water partition coefficient (Wildman–Crippen LogP) is 0.250. The van der Waals surface area contributed by atoms with Crippen molar-refractivity contribution in [2.75, 3.05) is 26.2 Å². The van der Waals surface area contributed by atoms with Gasteiger partial charge >= 0.3 is 12.0 Å². The van der Waals surface area contributed by atoms with Crippen LogP contribution in [0.5, 0.6) is 0 Å². The molecular formula is C13H23N3O4. The average molecular weight is 285 g/mol. The summed E-state index contributed by atoms with van der Waals surface area (Å²) in [5.74, 6) is -0.752. The lowest BCUT2D eigenvalue weighted by atomic mass is 10.4. The van der Waals surface area contributed by atoms with E-state index in [9.17, 15) is 14.4 Å². The lowest BCUT2D eigenvalue weighted by molar-refractivity contribution is -0.144. The van der Waals surface area contributed by atoms with Crippen molar-refractivity contribution in [1.82, 2.24) is 15.5 Å². The molecule has 0 aliphatic heterocycles. The van der Waals surface area contributed by atoms with E-state index in [1.807, 2.05) is 6.92 Å². The minimum atomic E-state index is -0.497. The maximum absolute atomic E-state index is 11.7. The van der Waals surface area contributed by atoms with Crippen molar-refractivity contribution in [1.29, 1.82) is 0 Å². The van der Waals surface area contributed by atoms with Crippen LogP contribution in [0.3, 0.4) is 0 Å². The highest BCUT2D eigenvalue weighted by Crippen LogP contribution is 2.26. The van der Waals surface area contributed by atoms with Gasteiger partial charge in [0, 0.05) is 12.6 Å². The van der Waals surface area contributed by atoms with Crippen LogP contribution < -0.4 is 10.6 Å². The normalized spacial score (nSPS) is 13.9. The van der Waals surface area contributed by atoms with E-state index in [0.29, 0.717) is 13.2 Å². The van der Waals surface area contributed by atoms with Crippen LogP contribution in [0.25, 0.3) is 0 Å². The molecule has 3 amide bonds. The lowest BCUT2D eigenvalue weighted by Crippen LogP contribution is -2.46. The summed E-state index contributed by atoms with van der Waals surface area (Å²) in [6, 6.07) is -0.257. The van der Waals surface area contributed by atoms with Crippen LogP contribution in [-0.4, -0.2) is 55.1 Å². The Balaban J connectivity index is 2.35. The number of ether oxygens (including phenoxy) is 1. The van der Waals surface area contributed by atoms with Gasteiger partial charge in [0.25, 0.3) is 0 Å². The molecule has 0 saturated heterocycles. The SMILES string of the molecule is CCCNC(=O)NC(=O)CN(CC(=O)OCC)C1CC1. The fourth-order valence-electron chi connectivity index (χ4n) is 1.76. The zero-order valence-corrected chi connectivity index (χ0v) is 12.1. The van der Waals surface area contributed by atoms with Crippen LogP contribution in [0.4, 0.5) is 4.79 Å². The first-order valence-corrected chi connectivity index (χ1v) is 7.04. The van der Waals surface area contributed by atoms with Gasteiger partial charge in [-0.2, -0.15) is 0 Å². The third kappa shape index (κ3) is 6.51. The van der Waals surface area contributed by atoms with Crippen LogP contribution in [0.2, 0.25) is 0 Å². The number of urea groups is 1. The Morgan fingerprint density at radius 1 is 1.20 bits per heavy atom. The Hall–Kier alpha value is -1.63. The number of esters is 1. The van der Waals surface area contributed by atoms with Crippen LogP contribution in [-0.2, 0) is 14.3 Å². The molecule has 0 aromatic heterocycles. The molecule has 1 aliphatic carbocycles. The fourth-order valence-corrected chi connectivity index (χ4v) is 1.76. The summed E-state index contributed by atoms with van der Waals surface area (Å²) in [4.78, 5) is 36.3. The number of carbonyl (C=O) groups excluding carboxylic acids is 3. The van der Waals surface area contributed by atoms with Crippen molar-refractivity contribution in [3.8, 4) is 0 Å². The highest BCUT2D eigenvalue weighted by Gasteiger charge is 2.32. The summed E-state index contributed by atoms with van der Waals surface area (Å²) in [5.41, 5.74) is 0. The van der Waals surface area contributed by atoms with Gasteiger partial charge in [-0.25, -0.2) is 4.79 Å². The number of rotatable bonds is 8. The predicted molar refractivity (Wildman–Crippen MR) is 73.1 cm³/mol. The molecule has 1 saturated carbocycles. The number of carbonyl (C=O) groups is 3. The zero-order chi connectivity index (χ0) is 15.0. The van der Waals surface area contributed by atoms with Crippen LogP contribution in [0.1, 0.15) is 33.1 Å². The quantitative estimate of drug-likeness (QED) is 0.624. The van der Waals surface area contributed by atoms with E-state index < -0.39 is 11.9 Å². The molecule has 0 heterocycles. The molecule has 1 aliphatic rings. The van der Waals surface area contributed by atoms with E-state index >= 15 is 0 Å². The first-order valence-electron chi connectivity index (χ1n) is 7.04. The number of hydrogen-bond acceptors (Lipinski definition) is 5. The largest absolute Gasteiger partial charge is 0.465 e. The van der Waals surface area contributed by atoms with E-state index in [0.717, 1.165) is 19.3 Å². The highest BCUT2D eigenvalue weighted by molar-refractivity contribution is 5.95. The van der Waals surface area contributed by atoms with E-state index in [-0.39, 0.29) is 25.1 Å². The molecule has 7 heteroatoms. The van der Waals surface area contributed by atoms with Gasteiger partial charge in [0.2, 0.25) is 5.91 Å². The maximum atomic E-state index is 11.7. The van der Waals surface area contributed by atoms with E-state index in [2.05, 4.69) is 10.6 Å². The maximum Gasteiger partial charge on any atom is 0.321 e. The van der Waals surface area contributed by atoms with Gasteiger partial charge in [-0.1, -0.05) is 6.92 Å². The molecular weight excluding hydrogens is 262 g/mol. The molecule has 0 atom stereocenters. The van der Waals surface area contributed by atoms with Crippen molar-refractivity contribution in [2.45, 2.75) is 39.2 Å². The van der Waals surface area contributed by atoms with Crippen molar-refractivity contribution >= 4 is 17.9 Å². The lowest BCUT2D eigenvalue weighted by Gasteiger charge is -2.19. The second-order valence-corrected chi connectivity index (χ2v) is 4.75. The fraction of sp³-hybridized carbons (Fsp3) is 0.769. The smallest absolute Gasteiger partial charge is 0.321 e. The third-order valence-electron chi connectivity index (χ3n) is 2.84. The molecule has 7 nitrogen and oxygen atoms in total. The van der Waals surface area contributed by atoms with Crippen molar-refractivity contribution in [3.05, 3.63) is 0 Å². The standard InChI is InChI=1S/C13H23N3O4/c1-3-7-14-13(19)15-11(17)8-16(10-5-6-10)9-12(18)20-4-2/h10H,3-9H2,1-2H3,(H2,14,15,17,19). The van der Waals surface area contributed by atoms with Crippen molar-refractivity contribution in [2.24, 2.45) is 0 Å². The highest BCUT2D eigenvalue weighted by atomic mass is 16.5. The molecule has 0 radical (unpaired) electrons. The van der Waals surface area contributed by atoms with Gasteiger partial charge in [-0.05, 0) is 26.2 Å². The zero-order valence-electron chi connectivity index (χ0n) is 12.1. The average Bonchev–Trinajstić information content (AvgIpc) is 3.20. The van der Waals surface area contributed by atoms with E-state index in [4.69, 9.17) is 4.74 Å². The molecule has 0 unspecified atom stereocenters. The van der Waals surface area contributed by atoms with E-state index in [1.165, 1.54) is 0 Å². The Bertz CT molecular complexity index is 356. The van der Waals surface area contributed by atoms with Crippen molar-refractivity contribution < 1.29 is 19.1 Å². The Kier molecular flexibility index (Phi) is 7.00. The molecule has 114 valence electrons. The summed E-state index contributed by atoms with van der Waals surface area (Å²) >= 11 is 0. The summed E-state index contributed by atoms with van der Waals surface area (Å²) in [6.07, 6.45) is 2.74. The third-order valence-corrected chi connectivity index (χ3v) is 2.84. The molecule has 0 spiro atoms. The van der Waals surface area contributed by atoms with Crippen LogP contribution in [0.15, 0.2) is 0 Å². The van der Waals surface area contributed by atoms with Crippen molar-refractivity contribution in [3.63, 3.8) is 0 Å². The molecule has 0 aromatic rings. The molecule has 1 fully saturated rings. The first kappa shape index (κ1) is 16.4. The minimum Gasteiger partial charge on any atom is -0.465 e. The summed E-state index contributed by atoms with van der Waals surface area (Å²) in [5, 5.41) is 4.81. The molecule has 0 bridgehead atoms. The number of imide groups is 1. The summed E-state index contributed by atoms with van der Waals surface area (Å²) in [7, 11) is 0. The van der Waals surface area contributed by atoms with Gasteiger partial charge in [0.15, 0.2) is 0 Å². The second-order valence-electron chi connectivity index (χ2n) is 4.75. The van der Waals surface area contributed by atoms with Gasteiger partial charge in [-0.15, -0.1) is 0 Å². The van der Waals surface area contributed by atoms with E-state index in [1.54, 1.807) is 11.8 Å². The van der Waals surface area contributed by atoms with Gasteiger partial charge in [-0.3, -0.25) is 19.8 Å². The molecule has 20 heavy (non-hydrogen) atoms. The topological polar surface area (TPSA) is 87.7 Å². The Morgan fingerprint density at radius 2 is 1.90 bits per heavy atom. The monoisotopic (exact) mass is 285 g/mol. The second kappa shape index (κ2) is 8.52. The molecule has 0 aromatic carbocycles. The van der Waals surface area contributed by atoms with Gasteiger partial charge in [0.05, 0.1) is 19.7 Å². The molecule has 2 N–H and O–H groups in total. The van der Waals surface area contributed by atoms with Gasteiger partial charge in [0.1, 0.15) is 0 Å². The minimum absolute atomic E-state index is 0.0308. The van der Waals surface area contributed by atoms with Crippen LogP contribution >= 0.6 is 0 Å². The van der Waals surface area contributed by atoms with Gasteiger partial charge < -0.3 is 10.1 Å². The Labute approximate surface area is 119 Å². The summed E-state index contributed by atoms with van der Waals surface area (Å²) in [6.45, 7) is 4.63. The number of hydrogen-bond donors (Lipinski definition) is 2. The Morgan fingerprint density at radius 3 is 2.45 bits per heavy atom. The number of nitrogens with one attached hydrogen (secondary N) is 2.